The van der Waals surface area contributed by atoms with Gasteiger partial charge in [0.05, 0.1) is 0 Å². The number of amides is 1. The maximum atomic E-state index is 12.3. The van der Waals surface area contributed by atoms with Gasteiger partial charge in [-0.15, -0.1) is 11.8 Å². The summed E-state index contributed by atoms with van der Waals surface area (Å²) in [6.07, 6.45) is 3.23. The molecule has 1 saturated heterocycles. The van der Waals surface area contributed by atoms with Crippen LogP contribution in [-0.2, 0) is 4.79 Å². The lowest BCUT2D eigenvalue weighted by molar-refractivity contribution is -0.144. The highest BCUT2D eigenvalue weighted by molar-refractivity contribution is 7.98. The number of nitrogens with zero attached hydrogens (tertiary/aromatic N) is 4. The first kappa shape index (κ1) is 17.4. The minimum atomic E-state index is -0.878. The average Bonchev–Trinajstić information content (AvgIpc) is 3.17. The minimum Gasteiger partial charge on any atom is -0.480 e. The van der Waals surface area contributed by atoms with Crippen LogP contribution in [0.5, 0.6) is 0 Å². The fourth-order valence-corrected chi connectivity index (χ4v) is 3.65. The van der Waals surface area contributed by atoms with E-state index in [-0.39, 0.29) is 11.7 Å². The maximum absolute atomic E-state index is 12.3. The number of carbonyl (C=O) groups excluding carboxylic acids is 1. The topological polar surface area (TPSA) is 102 Å². The number of hydrogen-bond acceptors (Lipinski definition) is 6. The number of piperazine rings is 1. The van der Waals surface area contributed by atoms with Crippen molar-refractivity contribution < 1.29 is 14.7 Å². The lowest BCUT2D eigenvalue weighted by Gasteiger charge is -2.37. The van der Waals surface area contributed by atoms with Crippen molar-refractivity contribution in [2.45, 2.75) is 10.9 Å². The highest BCUT2D eigenvalue weighted by Crippen LogP contribution is 2.30. The van der Waals surface area contributed by atoms with Gasteiger partial charge in [-0.05, 0) is 17.9 Å². The van der Waals surface area contributed by atoms with E-state index in [9.17, 15) is 14.7 Å². The number of thioether (sulfide) groups is 1. The van der Waals surface area contributed by atoms with Crippen molar-refractivity contribution in [2.24, 2.45) is 0 Å². The molecule has 1 aliphatic heterocycles. The Morgan fingerprint density at radius 2 is 1.96 bits per heavy atom. The first-order chi connectivity index (χ1) is 12.1. The number of carboxylic acid groups (broad SMARTS) is 1. The van der Waals surface area contributed by atoms with E-state index in [1.54, 1.807) is 4.90 Å². The van der Waals surface area contributed by atoms with E-state index < -0.39 is 12.0 Å². The molecule has 0 saturated carbocycles. The Kier molecular flexibility index (Phi) is 5.34. The average molecular weight is 361 g/mol. The minimum absolute atomic E-state index is 0.205. The molecule has 0 radical (unpaired) electrons. The summed E-state index contributed by atoms with van der Waals surface area (Å²) >= 11 is 1.53. The summed E-state index contributed by atoms with van der Waals surface area (Å²) in [6, 6.07) is 6.83. The summed E-state index contributed by atoms with van der Waals surface area (Å²) in [5.74, 6) is -0.888. The predicted molar refractivity (Wildman–Crippen MR) is 92.5 cm³/mol. The number of aromatic nitrogens is 3. The monoisotopic (exact) mass is 361 g/mol. The van der Waals surface area contributed by atoms with Gasteiger partial charge in [0.25, 0.3) is 5.91 Å². The zero-order chi connectivity index (χ0) is 17.8. The summed E-state index contributed by atoms with van der Waals surface area (Å²) in [7, 11) is 0. The van der Waals surface area contributed by atoms with Gasteiger partial charge in [-0.25, -0.2) is 4.98 Å². The molecule has 1 aromatic heterocycles. The number of carboxylic acids is 1. The third-order valence-corrected chi connectivity index (χ3v) is 5.06. The van der Waals surface area contributed by atoms with E-state index in [4.69, 9.17) is 0 Å². The zero-order valence-corrected chi connectivity index (χ0v) is 14.6. The number of carbonyl (C=O) groups is 2. The van der Waals surface area contributed by atoms with E-state index in [0.29, 0.717) is 26.2 Å². The maximum Gasteiger partial charge on any atom is 0.325 e. The fourth-order valence-electron chi connectivity index (χ4n) is 3.02. The Hall–Kier alpha value is -2.39. The number of nitrogens with one attached hydrogen (secondary N) is 1. The van der Waals surface area contributed by atoms with Gasteiger partial charge in [-0.2, -0.15) is 5.10 Å². The standard InChI is InChI=1S/C16H19N5O3S/c1-25-12-5-3-2-4-11(12)13(16(23)24)20-6-8-21(9-7-20)15(22)14-17-10-18-19-14/h2-5,10,13H,6-9H2,1H3,(H,23,24)(H,17,18,19)/t13-/m1/s1. The van der Waals surface area contributed by atoms with Gasteiger partial charge < -0.3 is 10.0 Å². The largest absolute Gasteiger partial charge is 0.480 e. The molecule has 0 aliphatic carbocycles. The number of H-pyrrole nitrogens is 1. The van der Waals surface area contributed by atoms with Crippen LogP contribution in [0.2, 0.25) is 0 Å². The van der Waals surface area contributed by atoms with Gasteiger partial charge in [0.1, 0.15) is 12.4 Å². The van der Waals surface area contributed by atoms with Crippen LogP contribution >= 0.6 is 11.8 Å². The molecule has 1 atom stereocenters. The molecular weight excluding hydrogens is 342 g/mol. The van der Waals surface area contributed by atoms with Crippen LogP contribution < -0.4 is 0 Å². The molecule has 0 unspecified atom stereocenters. The van der Waals surface area contributed by atoms with Crippen molar-refractivity contribution >= 4 is 23.6 Å². The zero-order valence-electron chi connectivity index (χ0n) is 13.8. The molecule has 9 heteroatoms. The van der Waals surface area contributed by atoms with E-state index >= 15 is 0 Å². The van der Waals surface area contributed by atoms with Gasteiger partial charge in [-0.1, -0.05) is 18.2 Å². The second kappa shape index (κ2) is 7.66. The van der Waals surface area contributed by atoms with Crippen LogP contribution in [0.15, 0.2) is 35.5 Å². The first-order valence-electron chi connectivity index (χ1n) is 7.86. The molecule has 25 heavy (non-hydrogen) atoms. The Morgan fingerprint density at radius 1 is 1.24 bits per heavy atom. The molecule has 3 rings (SSSR count). The molecule has 1 amide bonds. The second-order valence-corrected chi connectivity index (χ2v) is 6.49. The molecule has 1 fully saturated rings. The van der Waals surface area contributed by atoms with Gasteiger partial charge in [-0.3, -0.25) is 19.6 Å². The van der Waals surface area contributed by atoms with Gasteiger partial charge in [0.2, 0.25) is 5.82 Å². The number of aromatic amines is 1. The van der Waals surface area contributed by atoms with E-state index in [2.05, 4.69) is 15.2 Å². The molecule has 1 aliphatic rings. The number of aliphatic carboxylic acids is 1. The summed E-state index contributed by atoms with van der Waals surface area (Å²) < 4.78 is 0. The summed E-state index contributed by atoms with van der Waals surface area (Å²) in [4.78, 5) is 32.6. The Balaban J connectivity index is 1.73. The quantitative estimate of drug-likeness (QED) is 0.769. The van der Waals surface area contributed by atoms with E-state index in [1.165, 1.54) is 18.1 Å². The molecule has 8 nitrogen and oxygen atoms in total. The van der Waals surface area contributed by atoms with Crippen molar-refractivity contribution in [3.05, 3.63) is 42.0 Å². The Bertz CT molecular complexity index is 744. The van der Waals surface area contributed by atoms with Gasteiger partial charge in [0.15, 0.2) is 0 Å². The molecule has 0 bridgehead atoms. The molecule has 132 valence electrons. The third-order valence-electron chi connectivity index (χ3n) is 4.25. The molecule has 1 aromatic carbocycles. The molecular formula is C16H19N5O3S. The molecule has 2 N–H and O–H groups in total. The second-order valence-electron chi connectivity index (χ2n) is 5.64. The highest BCUT2D eigenvalue weighted by atomic mass is 32.2. The van der Waals surface area contributed by atoms with Crippen LogP contribution in [0.25, 0.3) is 0 Å². The number of hydrogen-bond donors (Lipinski definition) is 2. The molecule has 0 spiro atoms. The van der Waals surface area contributed by atoms with Crippen molar-refractivity contribution in [3.8, 4) is 0 Å². The van der Waals surface area contributed by atoms with Crippen LogP contribution in [0.3, 0.4) is 0 Å². The van der Waals surface area contributed by atoms with Crippen molar-refractivity contribution in [1.29, 1.82) is 0 Å². The van der Waals surface area contributed by atoms with Gasteiger partial charge >= 0.3 is 5.97 Å². The van der Waals surface area contributed by atoms with Crippen molar-refractivity contribution in [2.75, 3.05) is 32.4 Å². The third kappa shape index (κ3) is 3.67. The molecule has 2 heterocycles. The first-order valence-corrected chi connectivity index (χ1v) is 9.08. The Morgan fingerprint density at radius 3 is 2.56 bits per heavy atom. The van der Waals surface area contributed by atoms with Crippen molar-refractivity contribution in [3.63, 3.8) is 0 Å². The van der Waals surface area contributed by atoms with Crippen LogP contribution in [0.4, 0.5) is 0 Å². The highest BCUT2D eigenvalue weighted by Gasteiger charge is 2.33. The van der Waals surface area contributed by atoms with Crippen LogP contribution in [-0.4, -0.2) is 74.4 Å². The van der Waals surface area contributed by atoms with E-state index in [1.807, 2.05) is 35.4 Å². The predicted octanol–water partition coefficient (Wildman–Crippen LogP) is 1.11. The lowest BCUT2D eigenvalue weighted by Crippen LogP contribution is -2.51. The summed E-state index contributed by atoms with van der Waals surface area (Å²) in [5, 5.41) is 16.0. The normalized spacial score (nSPS) is 16.6. The summed E-state index contributed by atoms with van der Waals surface area (Å²) in [5.41, 5.74) is 0.789. The fraction of sp³-hybridized carbons (Fsp3) is 0.375. The SMILES string of the molecule is CSc1ccccc1[C@H](C(=O)O)N1CCN(C(=O)c2ncn[nH]2)CC1. The Labute approximate surface area is 149 Å². The van der Waals surface area contributed by atoms with Gasteiger partial charge in [0, 0.05) is 31.1 Å². The number of benzene rings is 1. The van der Waals surface area contributed by atoms with E-state index in [0.717, 1.165) is 10.5 Å². The lowest BCUT2D eigenvalue weighted by atomic mass is 10.0. The molecule has 2 aromatic rings. The van der Waals surface area contributed by atoms with Crippen LogP contribution in [0, 0.1) is 0 Å². The smallest absolute Gasteiger partial charge is 0.325 e. The van der Waals surface area contributed by atoms with Crippen LogP contribution in [0.1, 0.15) is 22.2 Å². The summed E-state index contributed by atoms with van der Waals surface area (Å²) in [6.45, 7) is 1.87. The number of rotatable bonds is 5. The van der Waals surface area contributed by atoms with Crippen molar-refractivity contribution in [1.82, 2.24) is 25.0 Å².